The molecule has 2 heterocycles. The summed E-state index contributed by atoms with van der Waals surface area (Å²) in [7, 11) is 0. The smallest absolute Gasteiger partial charge is 0.199 e. The molecule has 0 radical (unpaired) electrons. The molecule has 58 valence electrons. The largest absolute Gasteiger partial charge is 0.274 e. The van der Waals surface area contributed by atoms with Crippen LogP contribution in [0.1, 0.15) is 0 Å². The van der Waals surface area contributed by atoms with E-state index in [0.717, 1.165) is 0 Å². The van der Waals surface area contributed by atoms with E-state index in [2.05, 4.69) is 20.4 Å². The molecular weight excluding hydrogens is 156 g/mol. The van der Waals surface area contributed by atoms with Gasteiger partial charge >= 0.3 is 0 Å². The second kappa shape index (κ2) is 2.47. The second-order valence-corrected chi connectivity index (χ2v) is 2.04. The van der Waals surface area contributed by atoms with Gasteiger partial charge < -0.3 is 0 Å². The van der Waals surface area contributed by atoms with Crippen molar-refractivity contribution in [1.82, 2.24) is 19.6 Å². The van der Waals surface area contributed by atoms with Crippen LogP contribution in [0.25, 0.3) is 5.65 Å². The first kappa shape index (κ1) is 6.54. The van der Waals surface area contributed by atoms with Crippen LogP contribution in [0, 0.1) is 11.5 Å². The van der Waals surface area contributed by atoms with Gasteiger partial charge in [-0.2, -0.15) is 10.4 Å². The van der Waals surface area contributed by atoms with Crippen molar-refractivity contribution in [1.29, 1.82) is 5.26 Å². The number of nitrogens with one attached hydrogen (secondary N) is 1. The van der Waals surface area contributed by atoms with Crippen LogP contribution in [0.3, 0.4) is 0 Å². The third-order valence-electron chi connectivity index (χ3n) is 1.37. The predicted octanol–water partition coefficient (Wildman–Crippen LogP) is 0.0173. The number of rotatable bonds is 1. The van der Waals surface area contributed by atoms with Gasteiger partial charge in [0.05, 0.1) is 0 Å². The Morgan fingerprint density at radius 1 is 1.50 bits per heavy atom. The molecule has 12 heavy (non-hydrogen) atoms. The molecule has 0 aliphatic carbocycles. The molecule has 2 rings (SSSR count). The highest BCUT2D eigenvalue weighted by Gasteiger charge is 2.01. The maximum absolute atomic E-state index is 8.36. The summed E-state index contributed by atoms with van der Waals surface area (Å²) in [5, 5.41) is 14.6. The van der Waals surface area contributed by atoms with Gasteiger partial charge in [-0.3, -0.25) is 5.32 Å². The Bertz CT molecular complexity index is 438. The van der Waals surface area contributed by atoms with E-state index in [0.29, 0.717) is 11.5 Å². The summed E-state index contributed by atoms with van der Waals surface area (Å²) in [4.78, 5) is 7.82. The van der Waals surface area contributed by atoms with Crippen molar-refractivity contribution in [2.24, 2.45) is 0 Å². The molecule has 0 aliphatic heterocycles. The molecule has 2 aromatic rings. The lowest BCUT2D eigenvalue weighted by atomic mass is 10.6. The van der Waals surface area contributed by atoms with Gasteiger partial charge in [-0.1, -0.05) is 0 Å². The van der Waals surface area contributed by atoms with Crippen LogP contribution < -0.4 is 5.32 Å². The van der Waals surface area contributed by atoms with Crippen LogP contribution in [0.5, 0.6) is 0 Å². The standard InChI is InChI=1S/C6H4N6/c7-3-9-5-6-10-4-11-12(6)2-1-8-5/h1-2,4H,(H,8,9). The molecule has 6 nitrogen and oxygen atoms in total. The zero-order chi connectivity index (χ0) is 8.39. The van der Waals surface area contributed by atoms with E-state index >= 15 is 0 Å². The van der Waals surface area contributed by atoms with Gasteiger partial charge in [0.15, 0.2) is 17.7 Å². The van der Waals surface area contributed by atoms with Crippen molar-refractivity contribution in [3.63, 3.8) is 0 Å². The molecule has 0 saturated carbocycles. The van der Waals surface area contributed by atoms with E-state index in [1.165, 1.54) is 10.8 Å². The average Bonchev–Trinajstić information content (AvgIpc) is 2.53. The Labute approximate surface area is 67.5 Å². The van der Waals surface area contributed by atoms with Gasteiger partial charge in [0.1, 0.15) is 6.33 Å². The Balaban J connectivity index is 2.67. The Morgan fingerprint density at radius 3 is 3.25 bits per heavy atom. The van der Waals surface area contributed by atoms with Crippen molar-refractivity contribution in [2.75, 3.05) is 5.32 Å². The minimum absolute atomic E-state index is 0.414. The number of hydrogen-bond donors (Lipinski definition) is 1. The summed E-state index contributed by atoms with van der Waals surface area (Å²) >= 11 is 0. The monoisotopic (exact) mass is 160 g/mol. The molecule has 0 spiro atoms. The molecule has 0 fully saturated rings. The molecule has 0 atom stereocenters. The van der Waals surface area contributed by atoms with Gasteiger partial charge in [-0.25, -0.2) is 14.5 Å². The summed E-state index contributed by atoms with van der Waals surface area (Å²) in [5.74, 6) is 0.414. The topological polar surface area (TPSA) is 78.9 Å². The fourth-order valence-electron chi connectivity index (χ4n) is 0.899. The third kappa shape index (κ3) is 0.845. The van der Waals surface area contributed by atoms with Crippen LogP contribution in [-0.4, -0.2) is 19.6 Å². The fourth-order valence-corrected chi connectivity index (χ4v) is 0.899. The van der Waals surface area contributed by atoms with Crippen LogP contribution in [0.2, 0.25) is 0 Å². The van der Waals surface area contributed by atoms with Crippen molar-refractivity contribution in [3.05, 3.63) is 18.7 Å². The van der Waals surface area contributed by atoms with Crippen LogP contribution >= 0.6 is 0 Å². The van der Waals surface area contributed by atoms with E-state index in [1.807, 2.05) is 0 Å². The number of nitriles is 1. The highest BCUT2D eigenvalue weighted by atomic mass is 15.3. The zero-order valence-electron chi connectivity index (χ0n) is 5.97. The summed E-state index contributed by atoms with van der Waals surface area (Å²) in [6.07, 6.45) is 6.38. The number of hydrogen-bond acceptors (Lipinski definition) is 5. The lowest BCUT2D eigenvalue weighted by Crippen LogP contribution is -1.96. The number of aromatic nitrogens is 4. The maximum atomic E-state index is 8.36. The maximum Gasteiger partial charge on any atom is 0.199 e. The van der Waals surface area contributed by atoms with Crippen molar-refractivity contribution >= 4 is 11.5 Å². The van der Waals surface area contributed by atoms with E-state index < -0.39 is 0 Å². The average molecular weight is 160 g/mol. The third-order valence-corrected chi connectivity index (χ3v) is 1.37. The molecule has 2 aromatic heterocycles. The van der Waals surface area contributed by atoms with Gasteiger partial charge in [0.25, 0.3) is 0 Å². The zero-order valence-corrected chi connectivity index (χ0v) is 5.97. The highest BCUT2D eigenvalue weighted by molar-refractivity contribution is 5.62. The quantitative estimate of drug-likeness (QED) is 0.469. The van der Waals surface area contributed by atoms with E-state index in [1.54, 1.807) is 18.6 Å². The van der Waals surface area contributed by atoms with Gasteiger partial charge in [0, 0.05) is 12.4 Å². The number of anilines is 1. The Hall–Kier alpha value is -2.16. The predicted molar refractivity (Wildman–Crippen MR) is 40.0 cm³/mol. The molecule has 0 amide bonds. The molecular formula is C6H4N6. The van der Waals surface area contributed by atoms with E-state index in [-0.39, 0.29) is 0 Å². The van der Waals surface area contributed by atoms with E-state index in [4.69, 9.17) is 5.26 Å². The van der Waals surface area contributed by atoms with Crippen molar-refractivity contribution in [3.8, 4) is 6.19 Å². The summed E-state index contributed by atoms with van der Waals surface area (Å²) in [5.41, 5.74) is 0.541. The van der Waals surface area contributed by atoms with Crippen molar-refractivity contribution in [2.45, 2.75) is 0 Å². The molecule has 0 aliphatic rings. The first-order valence-corrected chi connectivity index (χ1v) is 3.21. The van der Waals surface area contributed by atoms with Crippen LogP contribution in [-0.2, 0) is 0 Å². The number of nitrogens with zero attached hydrogens (tertiary/aromatic N) is 5. The first-order chi connectivity index (χ1) is 5.92. The molecule has 1 N–H and O–H groups in total. The number of fused-ring (bicyclic) bond motifs is 1. The summed E-state index contributed by atoms with van der Waals surface area (Å²) in [6.45, 7) is 0. The Morgan fingerprint density at radius 2 is 2.42 bits per heavy atom. The lowest BCUT2D eigenvalue weighted by Gasteiger charge is -1.95. The SMILES string of the molecule is N#CNc1nccn2ncnc12. The van der Waals surface area contributed by atoms with Gasteiger partial charge in [-0.15, -0.1) is 0 Å². The second-order valence-electron chi connectivity index (χ2n) is 2.04. The molecule has 0 saturated heterocycles. The van der Waals surface area contributed by atoms with Crippen LogP contribution in [0.15, 0.2) is 18.7 Å². The van der Waals surface area contributed by atoms with E-state index in [9.17, 15) is 0 Å². The molecule has 0 aromatic carbocycles. The first-order valence-electron chi connectivity index (χ1n) is 3.21. The summed E-state index contributed by atoms with van der Waals surface area (Å²) < 4.78 is 1.53. The van der Waals surface area contributed by atoms with Crippen molar-refractivity contribution < 1.29 is 0 Å². The summed E-state index contributed by atoms with van der Waals surface area (Å²) in [6, 6.07) is 0. The van der Waals surface area contributed by atoms with Gasteiger partial charge in [0.2, 0.25) is 0 Å². The van der Waals surface area contributed by atoms with Gasteiger partial charge in [-0.05, 0) is 0 Å². The Kier molecular flexibility index (Phi) is 1.35. The highest BCUT2D eigenvalue weighted by Crippen LogP contribution is 2.07. The normalized spacial score (nSPS) is 9.58. The van der Waals surface area contributed by atoms with Crippen LogP contribution in [0.4, 0.5) is 5.82 Å². The minimum atomic E-state index is 0.414. The fraction of sp³-hybridized carbons (Fsp3) is 0. The molecule has 6 heteroatoms. The molecule has 0 bridgehead atoms. The minimum Gasteiger partial charge on any atom is -0.274 e. The molecule has 0 unspecified atom stereocenters. The lowest BCUT2D eigenvalue weighted by molar-refractivity contribution is 0.948.